The number of ketones is 1. The van der Waals surface area contributed by atoms with Gasteiger partial charge >= 0.3 is 0 Å². The van der Waals surface area contributed by atoms with Crippen molar-refractivity contribution in [3.05, 3.63) is 11.6 Å². The predicted molar refractivity (Wildman–Crippen MR) is 66.1 cm³/mol. The number of rotatable bonds is 2. The number of allylic oxidation sites excluding steroid dienone is 2. The lowest BCUT2D eigenvalue weighted by Crippen LogP contribution is -3.17. The maximum atomic E-state index is 12.6. The molecule has 3 nitrogen and oxygen atoms in total. The van der Waals surface area contributed by atoms with E-state index < -0.39 is 0 Å². The zero-order chi connectivity index (χ0) is 12.0. The lowest BCUT2D eigenvalue weighted by Gasteiger charge is -2.43. The Kier molecular flexibility index (Phi) is 2.64. The van der Waals surface area contributed by atoms with Crippen molar-refractivity contribution in [2.75, 3.05) is 39.3 Å². The highest BCUT2D eigenvalue weighted by molar-refractivity contribution is 5.88. The molecule has 4 aliphatic rings. The van der Waals surface area contributed by atoms with Crippen molar-refractivity contribution in [1.29, 1.82) is 0 Å². The number of piperidine rings is 2. The molecule has 4 saturated heterocycles. The maximum Gasteiger partial charge on any atom is 0.165 e. The molecule has 4 aliphatic heterocycles. The minimum absolute atomic E-state index is 0.0143. The predicted octanol–water partition coefficient (Wildman–Crippen LogP) is -1.67. The highest BCUT2D eigenvalue weighted by Gasteiger charge is 2.58. The summed E-state index contributed by atoms with van der Waals surface area (Å²) in [5, 5.41) is 0. The number of Topliss-reactive ketones (excluding diaryl/α,β-unsaturated/α-hetero) is 1. The van der Waals surface area contributed by atoms with Gasteiger partial charge in [0.15, 0.2) is 5.78 Å². The summed E-state index contributed by atoms with van der Waals surface area (Å²) in [6.07, 6.45) is 3.27. The van der Waals surface area contributed by atoms with E-state index in [-0.39, 0.29) is 5.41 Å². The van der Waals surface area contributed by atoms with E-state index >= 15 is 0 Å². The molecule has 4 heterocycles. The molecular weight excluding hydrogens is 212 g/mol. The quantitative estimate of drug-likeness (QED) is 0.551. The highest BCUT2D eigenvalue weighted by Crippen LogP contribution is 2.30. The Labute approximate surface area is 103 Å². The van der Waals surface area contributed by atoms with Gasteiger partial charge in [0.2, 0.25) is 0 Å². The van der Waals surface area contributed by atoms with E-state index in [9.17, 15) is 4.79 Å². The van der Waals surface area contributed by atoms with Crippen molar-refractivity contribution in [2.45, 2.75) is 20.3 Å². The summed E-state index contributed by atoms with van der Waals surface area (Å²) in [4.78, 5) is 16.0. The molecule has 0 radical (unpaired) electrons. The fourth-order valence-corrected chi connectivity index (χ4v) is 4.10. The molecule has 94 valence electrons. The number of hydrogen-bond acceptors (Lipinski definition) is 1. The molecule has 4 fully saturated rings. The third kappa shape index (κ3) is 1.85. The van der Waals surface area contributed by atoms with Crippen LogP contribution in [-0.4, -0.2) is 45.1 Å². The van der Waals surface area contributed by atoms with Gasteiger partial charge in [0, 0.05) is 0 Å². The summed E-state index contributed by atoms with van der Waals surface area (Å²) < 4.78 is 0. The first-order valence-electron chi connectivity index (χ1n) is 6.94. The Morgan fingerprint density at radius 1 is 1.29 bits per heavy atom. The van der Waals surface area contributed by atoms with Crippen molar-refractivity contribution in [1.82, 2.24) is 0 Å². The van der Waals surface area contributed by atoms with Crippen molar-refractivity contribution >= 4 is 5.78 Å². The fraction of sp³-hybridized carbons (Fsp3) is 0.786. The number of hydrogen-bond donors (Lipinski definition) is 2. The first-order valence-corrected chi connectivity index (χ1v) is 6.94. The van der Waals surface area contributed by atoms with E-state index in [4.69, 9.17) is 0 Å². The number of quaternary nitrogens is 2. The summed E-state index contributed by atoms with van der Waals surface area (Å²) >= 11 is 0. The van der Waals surface area contributed by atoms with Crippen molar-refractivity contribution in [2.24, 2.45) is 11.3 Å². The zero-order valence-corrected chi connectivity index (χ0v) is 11.0. The molecule has 0 aromatic carbocycles. The number of nitrogens with one attached hydrogen (secondary N) is 2. The topological polar surface area (TPSA) is 26.0 Å². The minimum Gasteiger partial charge on any atom is -0.328 e. The van der Waals surface area contributed by atoms with Gasteiger partial charge in [-0.3, -0.25) is 4.79 Å². The minimum atomic E-state index is -0.0143. The second kappa shape index (κ2) is 3.92. The molecule has 0 amide bonds. The zero-order valence-electron chi connectivity index (χ0n) is 11.0. The first-order chi connectivity index (χ1) is 8.09. The molecule has 0 saturated carbocycles. The molecule has 3 heteroatoms. The van der Waals surface area contributed by atoms with Gasteiger partial charge in [-0.15, -0.1) is 0 Å². The molecule has 4 bridgehead atoms. The lowest BCUT2D eigenvalue weighted by molar-refractivity contribution is -0.918. The van der Waals surface area contributed by atoms with Gasteiger partial charge in [-0.1, -0.05) is 11.6 Å². The van der Waals surface area contributed by atoms with Crippen LogP contribution in [0.4, 0.5) is 0 Å². The number of carbonyl (C=O) groups is 1. The Hall–Kier alpha value is -0.670. The third-order valence-corrected chi connectivity index (χ3v) is 4.87. The molecule has 4 rings (SSSR count). The van der Waals surface area contributed by atoms with Gasteiger partial charge in [0.05, 0.1) is 26.2 Å². The fourth-order valence-electron chi connectivity index (χ4n) is 4.10. The van der Waals surface area contributed by atoms with Gasteiger partial charge in [0.1, 0.15) is 24.4 Å². The van der Waals surface area contributed by atoms with Crippen molar-refractivity contribution in [3.8, 4) is 0 Å². The van der Waals surface area contributed by atoms with E-state index in [2.05, 4.69) is 19.9 Å². The van der Waals surface area contributed by atoms with Crippen LogP contribution in [0.25, 0.3) is 0 Å². The molecular formula is C14H24N2O+2. The Bertz CT molecular complexity index is 354. The Balaban J connectivity index is 1.91. The molecule has 2 unspecified atom stereocenters. The summed E-state index contributed by atoms with van der Waals surface area (Å²) in [7, 11) is 0. The number of carbonyl (C=O) groups excluding carboxylic acids is 1. The summed E-state index contributed by atoms with van der Waals surface area (Å²) in [6, 6.07) is 0. The van der Waals surface area contributed by atoms with Crippen LogP contribution < -0.4 is 9.80 Å². The molecule has 0 aliphatic carbocycles. The van der Waals surface area contributed by atoms with Crippen molar-refractivity contribution in [3.63, 3.8) is 0 Å². The normalized spacial score (nSPS) is 43.6. The van der Waals surface area contributed by atoms with Crippen LogP contribution in [0, 0.1) is 11.3 Å². The smallest absolute Gasteiger partial charge is 0.165 e. The van der Waals surface area contributed by atoms with Crippen LogP contribution in [-0.2, 0) is 4.79 Å². The van der Waals surface area contributed by atoms with Crippen LogP contribution in [0.3, 0.4) is 0 Å². The lowest BCUT2D eigenvalue weighted by atomic mass is 9.69. The van der Waals surface area contributed by atoms with Gasteiger partial charge < -0.3 is 9.80 Å². The van der Waals surface area contributed by atoms with Crippen LogP contribution in [0.1, 0.15) is 20.3 Å². The summed E-state index contributed by atoms with van der Waals surface area (Å²) in [6.45, 7) is 11.2. The molecule has 0 aromatic heterocycles. The Morgan fingerprint density at radius 3 is 2.41 bits per heavy atom. The van der Waals surface area contributed by atoms with Gasteiger partial charge in [-0.05, 0) is 20.3 Å². The molecule has 2 atom stereocenters. The molecule has 2 N–H and O–H groups in total. The van der Waals surface area contributed by atoms with E-state index in [1.807, 2.05) is 0 Å². The van der Waals surface area contributed by atoms with Crippen LogP contribution in [0.15, 0.2) is 11.6 Å². The van der Waals surface area contributed by atoms with E-state index in [0.717, 1.165) is 32.6 Å². The van der Waals surface area contributed by atoms with Crippen LogP contribution >= 0.6 is 0 Å². The monoisotopic (exact) mass is 236 g/mol. The highest BCUT2D eigenvalue weighted by atomic mass is 16.1. The third-order valence-electron chi connectivity index (χ3n) is 4.87. The molecule has 0 aromatic rings. The second-order valence-electron chi connectivity index (χ2n) is 6.59. The van der Waals surface area contributed by atoms with Crippen LogP contribution in [0.5, 0.6) is 0 Å². The van der Waals surface area contributed by atoms with Gasteiger partial charge in [0.25, 0.3) is 0 Å². The average molecular weight is 236 g/mol. The second-order valence-corrected chi connectivity index (χ2v) is 6.59. The summed E-state index contributed by atoms with van der Waals surface area (Å²) in [5.41, 5.74) is 1.33. The SMILES string of the molecule is CC(C)=CCC12C[NH+]3CC[NH+](CC(C3)C1=O)C2. The largest absolute Gasteiger partial charge is 0.328 e. The van der Waals surface area contributed by atoms with E-state index in [0.29, 0.717) is 11.7 Å². The maximum absolute atomic E-state index is 12.6. The Morgan fingerprint density at radius 2 is 1.88 bits per heavy atom. The van der Waals surface area contributed by atoms with Crippen LogP contribution in [0.2, 0.25) is 0 Å². The first kappa shape index (κ1) is 11.4. The van der Waals surface area contributed by atoms with E-state index in [1.165, 1.54) is 18.7 Å². The average Bonchev–Trinajstić information content (AvgIpc) is 2.51. The van der Waals surface area contributed by atoms with E-state index in [1.54, 1.807) is 9.80 Å². The standard InChI is InChI=1S/C14H22N2O/c1-11(2)3-4-14-9-15-5-6-16(10-14)8-12(7-15)13(14)17/h3,12H,4-10H2,1-2H3/p+2. The van der Waals surface area contributed by atoms with Gasteiger partial charge in [-0.25, -0.2) is 0 Å². The molecule has 0 spiro atoms. The summed E-state index contributed by atoms with van der Waals surface area (Å²) in [5.74, 6) is 0.944. The van der Waals surface area contributed by atoms with Gasteiger partial charge in [-0.2, -0.15) is 0 Å². The number of fused-ring (bicyclic) bond motifs is 1. The molecule has 17 heavy (non-hydrogen) atoms. The van der Waals surface area contributed by atoms with Crippen molar-refractivity contribution < 1.29 is 14.6 Å².